The van der Waals surface area contributed by atoms with Gasteiger partial charge in [-0.2, -0.15) is 0 Å². The highest BCUT2D eigenvalue weighted by molar-refractivity contribution is 5.19. The zero-order valence-electron chi connectivity index (χ0n) is 11.1. The maximum Gasteiger partial charge on any atom is 0.268 e. The van der Waals surface area contributed by atoms with E-state index >= 15 is 0 Å². The fourth-order valence-electron chi connectivity index (χ4n) is 4.66. The van der Waals surface area contributed by atoms with E-state index in [4.69, 9.17) is 4.74 Å². The highest BCUT2D eigenvalue weighted by Gasteiger charge is 2.52. The molecule has 2 unspecified atom stereocenters. The van der Waals surface area contributed by atoms with Crippen molar-refractivity contribution in [1.82, 2.24) is 0 Å². The summed E-state index contributed by atoms with van der Waals surface area (Å²) in [5.41, 5.74) is 1.62. The molecule has 0 radical (unpaired) electrons. The summed E-state index contributed by atoms with van der Waals surface area (Å²) in [4.78, 5) is 0. The van der Waals surface area contributed by atoms with Crippen LogP contribution in [0.2, 0.25) is 0 Å². The van der Waals surface area contributed by atoms with E-state index in [-0.39, 0.29) is 5.41 Å². The Bertz CT molecular complexity index is 340. The van der Waals surface area contributed by atoms with E-state index in [0.29, 0.717) is 18.4 Å². The molecule has 4 fully saturated rings. The molecule has 2 atom stereocenters. The lowest BCUT2D eigenvalue weighted by atomic mass is 9.48. The van der Waals surface area contributed by atoms with E-state index in [2.05, 4.69) is 6.58 Å². The molecule has 0 aliphatic heterocycles. The van der Waals surface area contributed by atoms with Gasteiger partial charge in [0.05, 0.1) is 6.61 Å². The van der Waals surface area contributed by atoms with E-state index in [0.717, 1.165) is 25.7 Å². The Balaban J connectivity index is 1.64. The van der Waals surface area contributed by atoms with Crippen LogP contribution in [-0.2, 0) is 4.74 Å². The lowest BCUT2D eigenvalue weighted by Crippen LogP contribution is -2.49. The Morgan fingerprint density at radius 2 is 1.89 bits per heavy atom. The van der Waals surface area contributed by atoms with Crippen molar-refractivity contribution in [2.45, 2.75) is 45.0 Å². The quantitative estimate of drug-likeness (QED) is 0.690. The van der Waals surface area contributed by atoms with Gasteiger partial charge >= 0.3 is 0 Å². The van der Waals surface area contributed by atoms with Gasteiger partial charge in [0.15, 0.2) is 0 Å². The number of ether oxygens (including phenoxy) is 1. The van der Waals surface area contributed by atoms with E-state index in [9.17, 15) is 8.78 Å². The maximum absolute atomic E-state index is 12.8. The molecule has 0 aromatic heterocycles. The van der Waals surface area contributed by atoms with Crippen LogP contribution in [0.1, 0.15) is 39.0 Å². The van der Waals surface area contributed by atoms with Crippen molar-refractivity contribution in [1.29, 1.82) is 0 Å². The molecule has 0 amide bonds. The Morgan fingerprint density at radius 1 is 1.28 bits per heavy atom. The Morgan fingerprint density at radius 3 is 2.44 bits per heavy atom. The van der Waals surface area contributed by atoms with Crippen LogP contribution in [0.25, 0.3) is 0 Å². The summed E-state index contributed by atoms with van der Waals surface area (Å²) in [5.74, 6) is -0.631. The number of halogens is 2. The van der Waals surface area contributed by atoms with Gasteiger partial charge < -0.3 is 4.74 Å². The van der Waals surface area contributed by atoms with Crippen molar-refractivity contribution >= 4 is 0 Å². The van der Waals surface area contributed by atoms with Crippen LogP contribution >= 0.6 is 0 Å². The van der Waals surface area contributed by atoms with E-state index in [1.807, 2.05) is 0 Å². The van der Waals surface area contributed by atoms with Crippen molar-refractivity contribution in [2.75, 3.05) is 13.2 Å². The second-order valence-electron chi connectivity index (χ2n) is 6.98. The molecule has 0 aromatic rings. The molecule has 4 bridgehead atoms. The first kappa shape index (κ1) is 12.6. The summed E-state index contributed by atoms with van der Waals surface area (Å²) >= 11 is 0. The molecule has 4 aliphatic carbocycles. The lowest BCUT2D eigenvalue weighted by Gasteiger charge is -2.57. The summed E-state index contributed by atoms with van der Waals surface area (Å²) < 4.78 is 30.9. The highest BCUT2D eigenvalue weighted by Crippen LogP contribution is 2.61. The van der Waals surface area contributed by atoms with Gasteiger partial charge in [-0.05, 0) is 55.3 Å². The standard InChI is InChI=1S/C15H22F2O/c1-10-12-3-11-4-13(10)7-15(5-11,6-12)9-18-8-14(2,16)17/h11-13H,1,3-9H2,2H3. The molecule has 0 spiro atoms. The number of rotatable bonds is 4. The molecule has 4 rings (SSSR count). The third-order valence-corrected chi connectivity index (χ3v) is 5.13. The molecule has 4 aliphatic rings. The minimum absolute atomic E-state index is 0.183. The molecular weight excluding hydrogens is 234 g/mol. The SMILES string of the molecule is C=C1C2CC3CC1CC(COCC(C)(F)F)(C3)C2. The average Bonchev–Trinajstić information content (AvgIpc) is 2.22. The van der Waals surface area contributed by atoms with Gasteiger partial charge in [-0.1, -0.05) is 12.2 Å². The number of hydrogen-bond acceptors (Lipinski definition) is 1. The van der Waals surface area contributed by atoms with Gasteiger partial charge in [-0.15, -0.1) is 0 Å². The second-order valence-corrected chi connectivity index (χ2v) is 6.98. The predicted octanol–water partition coefficient (Wildman–Crippen LogP) is 4.04. The molecule has 3 heteroatoms. The van der Waals surface area contributed by atoms with Crippen LogP contribution in [-0.4, -0.2) is 19.1 Å². The first-order chi connectivity index (χ1) is 8.37. The minimum Gasteiger partial charge on any atom is -0.375 e. The maximum atomic E-state index is 12.8. The van der Waals surface area contributed by atoms with Crippen LogP contribution in [0.3, 0.4) is 0 Å². The predicted molar refractivity (Wildman–Crippen MR) is 66.6 cm³/mol. The molecule has 0 N–H and O–H groups in total. The Hall–Kier alpha value is -0.440. The smallest absolute Gasteiger partial charge is 0.268 e. The molecule has 1 nitrogen and oxygen atoms in total. The first-order valence-electron chi connectivity index (χ1n) is 7.01. The first-order valence-corrected chi connectivity index (χ1v) is 7.01. The van der Waals surface area contributed by atoms with Crippen molar-refractivity contribution in [3.63, 3.8) is 0 Å². The van der Waals surface area contributed by atoms with Crippen LogP contribution in [0.4, 0.5) is 8.78 Å². The van der Waals surface area contributed by atoms with Gasteiger partial charge in [0.25, 0.3) is 5.92 Å². The molecule has 0 saturated heterocycles. The molecule has 0 heterocycles. The van der Waals surface area contributed by atoms with Crippen molar-refractivity contribution in [3.05, 3.63) is 12.2 Å². The minimum atomic E-state index is -2.70. The van der Waals surface area contributed by atoms with Gasteiger partial charge in [0, 0.05) is 6.92 Å². The van der Waals surface area contributed by atoms with Crippen molar-refractivity contribution < 1.29 is 13.5 Å². The number of alkyl halides is 2. The van der Waals surface area contributed by atoms with E-state index < -0.39 is 12.5 Å². The topological polar surface area (TPSA) is 9.23 Å². The van der Waals surface area contributed by atoms with E-state index in [1.165, 1.54) is 24.8 Å². The molecule has 18 heavy (non-hydrogen) atoms. The summed E-state index contributed by atoms with van der Waals surface area (Å²) in [6, 6.07) is 0. The summed E-state index contributed by atoms with van der Waals surface area (Å²) in [5, 5.41) is 0. The zero-order valence-corrected chi connectivity index (χ0v) is 11.1. The third-order valence-electron chi connectivity index (χ3n) is 5.13. The van der Waals surface area contributed by atoms with Crippen LogP contribution in [0.15, 0.2) is 12.2 Å². The summed E-state index contributed by atoms with van der Waals surface area (Å²) in [7, 11) is 0. The average molecular weight is 256 g/mol. The van der Waals surface area contributed by atoms with Gasteiger partial charge in [0.2, 0.25) is 0 Å². The summed E-state index contributed by atoms with van der Waals surface area (Å²) in [6.45, 7) is 5.25. The number of allylic oxidation sites excluding steroid dienone is 1. The Kier molecular flexibility index (Phi) is 2.81. The summed E-state index contributed by atoms with van der Waals surface area (Å²) in [6.07, 6.45) is 5.98. The van der Waals surface area contributed by atoms with Gasteiger partial charge in [-0.25, -0.2) is 8.78 Å². The largest absolute Gasteiger partial charge is 0.375 e. The van der Waals surface area contributed by atoms with Crippen molar-refractivity contribution in [2.24, 2.45) is 23.2 Å². The van der Waals surface area contributed by atoms with E-state index in [1.54, 1.807) is 0 Å². The van der Waals surface area contributed by atoms with Crippen LogP contribution in [0.5, 0.6) is 0 Å². The molecule has 102 valence electrons. The molecular formula is C15H22F2O. The zero-order chi connectivity index (χ0) is 13.0. The number of hydrogen-bond donors (Lipinski definition) is 0. The van der Waals surface area contributed by atoms with Crippen molar-refractivity contribution in [3.8, 4) is 0 Å². The lowest BCUT2D eigenvalue weighted by molar-refractivity contribution is -0.115. The fourth-order valence-corrected chi connectivity index (χ4v) is 4.66. The molecule has 4 saturated carbocycles. The fraction of sp³-hybridized carbons (Fsp3) is 0.867. The molecule has 0 aromatic carbocycles. The Labute approximate surface area is 108 Å². The highest BCUT2D eigenvalue weighted by atomic mass is 19.3. The van der Waals surface area contributed by atoms with Gasteiger partial charge in [0.1, 0.15) is 6.61 Å². The second kappa shape index (κ2) is 4.03. The normalized spacial score (nSPS) is 42.6. The van der Waals surface area contributed by atoms with Crippen LogP contribution < -0.4 is 0 Å². The third kappa shape index (κ3) is 2.22. The van der Waals surface area contributed by atoms with Crippen LogP contribution in [0, 0.1) is 23.2 Å². The van der Waals surface area contributed by atoms with Gasteiger partial charge in [-0.3, -0.25) is 0 Å². The monoisotopic (exact) mass is 256 g/mol.